The number of rotatable bonds is 2. The van der Waals surface area contributed by atoms with Crippen molar-refractivity contribution >= 4 is 38.3 Å². The van der Waals surface area contributed by atoms with Crippen LogP contribution >= 0.6 is 20.0 Å². The molecular formula is C10H12OS2Se. The van der Waals surface area contributed by atoms with Gasteiger partial charge < -0.3 is 0 Å². The van der Waals surface area contributed by atoms with E-state index in [2.05, 4.69) is 26.0 Å². The number of benzene rings is 1. The summed E-state index contributed by atoms with van der Waals surface area (Å²) in [6, 6.07) is 4.32. The Morgan fingerprint density at radius 1 is 1.36 bits per heavy atom. The molecule has 0 bridgehead atoms. The molecule has 1 nitrogen and oxygen atoms in total. The minimum absolute atomic E-state index is 0.564. The average molecular weight is 291 g/mol. The summed E-state index contributed by atoms with van der Waals surface area (Å²) in [5, 5.41) is 0. The zero-order valence-electron chi connectivity index (χ0n) is 8.37. The molecule has 1 aliphatic heterocycles. The first-order valence-electron chi connectivity index (χ1n) is 4.46. The molecule has 0 aliphatic carbocycles. The van der Waals surface area contributed by atoms with Crippen LogP contribution in [0.15, 0.2) is 17.0 Å². The first-order chi connectivity index (χ1) is 6.74. The Morgan fingerprint density at radius 2 is 2.14 bits per heavy atom. The molecule has 0 fully saturated rings. The zero-order chi connectivity index (χ0) is 10.1. The van der Waals surface area contributed by atoms with Crippen molar-refractivity contribution in [1.29, 1.82) is 0 Å². The normalized spacial score (nSPS) is 14.6. The van der Waals surface area contributed by atoms with Crippen LogP contribution in [0.2, 0.25) is 0 Å². The Balaban J connectivity index is 2.53. The SMILES string of the molecule is COc1ccc(C(C)C)c2c1SS[Se]2. The minimum atomic E-state index is 0.564. The van der Waals surface area contributed by atoms with Crippen LogP contribution in [0.25, 0.3) is 0 Å². The summed E-state index contributed by atoms with van der Waals surface area (Å²) in [4.78, 5) is 1.36. The second-order valence-electron chi connectivity index (χ2n) is 3.40. The van der Waals surface area contributed by atoms with Crippen LogP contribution in [-0.2, 0) is 0 Å². The Bertz CT molecular complexity index is 352. The van der Waals surface area contributed by atoms with Crippen LogP contribution in [0.1, 0.15) is 25.3 Å². The van der Waals surface area contributed by atoms with Gasteiger partial charge in [-0.3, -0.25) is 0 Å². The fourth-order valence-corrected chi connectivity index (χ4v) is 9.49. The molecule has 0 spiro atoms. The molecule has 0 atom stereocenters. The van der Waals surface area contributed by atoms with Crippen LogP contribution in [-0.4, -0.2) is 20.9 Å². The molecule has 4 heteroatoms. The molecule has 1 aliphatic rings. The maximum atomic E-state index is 5.37. The van der Waals surface area contributed by atoms with Gasteiger partial charge in [-0.25, -0.2) is 0 Å². The van der Waals surface area contributed by atoms with E-state index < -0.39 is 0 Å². The molecule has 0 saturated carbocycles. The van der Waals surface area contributed by atoms with E-state index in [4.69, 9.17) is 4.74 Å². The summed E-state index contributed by atoms with van der Waals surface area (Å²) in [5.74, 6) is 1.66. The van der Waals surface area contributed by atoms with Gasteiger partial charge in [0.15, 0.2) is 0 Å². The molecule has 1 aromatic rings. The van der Waals surface area contributed by atoms with Crippen molar-refractivity contribution < 1.29 is 4.74 Å². The van der Waals surface area contributed by atoms with Gasteiger partial charge in [0.1, 0.15) is 0 Å². The summed E-state index contributed by atoms with van der Waals surface area (Å²) >= 11 is 0.564. The van der Waals surface area contributed by atoms with Gasteiger partial charge in [0.25, 0.3) is 0 Å². The second-order valence-corrected chi connectivity index (χ2v) is 9.67. The van der Waals surface area contributed by atoms with Crippen LogP contribution in [0, 0.1) is 0 Å². The Hall–Kier alpha value is 0.239. The quantitative estimate of drug-likeness (QED) is 0.612. The van der Waals surface area contributed by atoms with E-state index in [1.54, 1.807) is 11.6 Å². The van der Waals surface area contributed by atoms with E-state index in [0.29, 0.717) is 19.8 Å². The predicted octanol–water partition coefficient (Wildman–Crippen LogP) is 2.82. The summed E-state index contributed by atoms with van der Waals surface area (Å²) in [6.45, 7) is 4.51. The van der Waals surface area contributed by atoms with Gasteiger partial charge in [-0.2, -0.15) is 0 Å². The summed E-state index contributed by atoms with van der Waals surface area (Å²) in [6.07, 6.45) is 0. The zero-order valence-corrected chi connectivity index (χ0v) is 11.7. The molecule has 14 heavy (non-hydrogen) atoms. The first kappa shape index (κ1) is 10.7. The molecular weight excluding hydrogens is 279 g/mol. The van der Waals surface area contributed by atoms with Crippen molar-refractivity contribution in [3.8, 4) is 5.75 Å². The maximum absolute atomic E-state index is 5.37. The number of hydrogen-bond donors (Lipinski definition) is 0. The predicted molar refractivity (Wildman–Crippen MR) is 65.9 cm³/mol. The van der Waals surface area contributed by atoms with Crippen molar-refractivity contribution in [2.45, 2.75) is 24.7 Å². The van der Waals surface area contributed by atoms with Crippen molar-refractivity contribution in [3.05, 3.63) is 17.7 Å². The number of fused-ring (bicyclic) bond motifs is 1. The van der Waals surface area contributed by atoms with Gasteiger partial charge in [0.2, 0.25) is 0 Å². The van der Waals surface area contributed by atoms with Gasteiger partial charge in [0, 0.05) is 0 Å². The van der Waals surface area contributed by atoms with Crippen molar-refractivity contribution in [2.24, 2.45) is 0 Å². The Morgan fingerprint density at radius 3 is 2.79 bits per heavy atom. The third-order valence-electron chi connectivity index (χ3n) is 2.18. The van der Waals surface area contributed by atoms with Crippen molar-refractivity contribution in [2.75, 3.05) is 7.11 Å². The van der Waals surface area contributed by atoms with Gasteiger partial charge in [-0.15, -0.1) is 0 Å². The monoisotopic (exact) mass is 292 g/mol. The third kappa shape index (κ3) is 1.81. The van der Waals surface area contributed by atoms with E-state index in [-0.39, 0.29) is 0 Å². The molecule has 0 amide bonds. The van der Waals surface area contributed by atoms with E-state index in [1.165, 1.54) is 10.5 Å². The second kappa shape index (κ2) is 4.40. The van der Waals surface area contributed by atoms with E-state index in [9.17, 15) is 0 Å². The topological polar surface area (TPSA) is 9.23 Å². The van der Waals surface area contributed by atoms with Crippen LogP contribution in [0.3, 0.4) is 0 Å². The van der Waals surface area contributed by atoms with Gasteiger partial charge >= 0.3 is 98.3 Å². The van der Waals surface area contributed by atoms with E-state index >= 15 is 0 Å². The van der Waals surface area contributed by atoms with Crippen LogP contribution in [0.5, 0.6) is 5.75 Å². The first-order valence-corrected chi connectivity index (χ1v) is 9.49. The molecule has 0 aromatic heterocycles. The van der Waals surface area contributed by atoms with Gasteiger partial charge in [-0.1, -0.05) is 0 Å². The molecule has 0 radical (unpaired) electrons. The molecule has 0 unspecified atom stereocenters. The van der Waals surface area contributed by atoms with Crippen LogP contribution < -0.4 is 9.20 Å². The number of ether oxygens (including phenoxy) is 1. The van der Waals surface area contributed by atoms with Gasteiger partial charge in [0.05, 0.1) is 0 Å². The summed E-state index contributed by atoms with van der Waals surface area (Å²) in [7, 11) is 5.58. The Labute approximate surface area is 98.0 Å². The van der Waals surface area contributed by atoms with Crippen LogP contribution in [0.4, 0.5) is 0 Å². The van der Waals surface area contributed by atoms with E-state index in [0.717, 1.165) is 5.75 Å². The molecule has 1 heterocycles. The molecule has 76 valence electrons. The number of methoxy groups -OCH3 is 1. The molecule has 0 saturated heterocycles. The van der Waals surface area contributed by atoms with E-state index in [1.807, 2.05) is 20.0 Å². The van der Waals surface area contributed by atoms with Gasteiger partial charge in [-0.05, 0) is 0 Å². The average Bonchev–Trinajstić information content (AvgIpc) is 2.64. The van der Waals surface area contributed by atoms with Crippen molar-refractivity contribution in [1.82, 2.24) is 0 Å². The third-order valence-corrected chi connectivity index (χ3v) is 8.80. The summed E-state index contributed by atoms with van der Waals surface area (Å²) < 4.78 is 6.91. The number of hydrogen-bond acceptors (Lipinski definition) is 3. The Kier molecular flexibility index (Phi) is 3.38. The standard InChI is InChI=1S/C10H12OS2Se/c1-6(2)7-4-5-8(11-3)9-10(7)14-13-12-9/h4-6H,1-3H3. The fourth-order valence-electron chi connectivity index (χ4n) is 1.43. The molecule has 1 aromatic carbocycles. The molecule has 2 rings (SSSR count). The summed E-state index contributed by atoms with van der Waals surface area (Å²) in [5.41, 5.74) is 1.50. The molecule has 0 N–H and O–H groups in total. The fraction of sp³-hybridized carbons (Fsp3) is 0.400. The van der Waals surface area contributed by atoms with Crippen molar-refractivity contribution in [3.63, 3.8) is 0 Å².